The fourth-order valence-electron chi connectivity index (χ4n) is 4.80. The molecule has 2 heterocycles. The molecule has 0 spiro atoms. The number of carbonyl (C=O) groups excluding carboxylic acids is 2. The Kier molecular flexibility index (Phi) is 12.2. The van der Waals surface area contributed by atoms with Crippen LogP contribution in [0.25, 0.3) is 0 Å². The Morgan fingerprint density at radius 2 is 1.67 bits per heavy atom. The minimum Gasteiger partial charge on any atom is -0.461 e. The molecule has 2 aromatic carbocycles. The molecule has 4 N–H and O–H groups in total. The standard InChI is InChI=1S/C33H41N5O7/c1-21(2)27(37-33(41)45-17-24-12-8-5-9-13-24)31(40)44-20-26(19-42-16-23-10-6-4-7-11-23)43-18-25-14-15-35-29-28(22(25)3)36-32(34)38-30(29)39/h4-13,15,21-22,25-27H,14,16-20H2,1-3H3,(H,37,41)(H3,34,36,38,39). The minimum absolute atomic E-state index is 0.0266. The zero-order valence-electron chi connectivity index (χ0n) is 25.8. The monoisotopic (exact) mass is 619 g/mol. The van der Waals surface area contributed by atoms with Gasteiger partial charge in [-0.15, -0.1) is 0 Å². The number of nitrogen functional groups attached to an aromatic ring is 1. The number of rotatable bonds is 14. The van der Waals surface area contributed by atoms with Crippen molar-refractivity contribution in [3.05, 3.63) is 87.8 Å². The van der Waals surface area contributed by atoms with Crippen LogP contribution in [0.5, 0.6) is 0 Å². The lowest BCUT2D eigenvalue weighted by Crippen LogP contribution is -2.46. The normalized spacial score (nSPS) is 17.2. The Hall–Kier alpha value is -4.55. The fourth-order valence-corrected chi connectivity index (χ4v) is 4.80. The van der Waals surface area contributed by atoms with Gasteiger partial charge in [-0.3, -0.25) is 14.8 Å². The SMILES string of the molecule is CC(C)C(NC(=O)OCc1ccccc1)C(=O)OCC(COCc1ccccc1)OCC1CC=Nc2c(nc(N)[nH]c2=O)C1C. The van der Waals surface area contributed by atoms with Crippen LogP contribution >= 0.6 is 0 Å². The van der Waals surface area contributed by atoms with Crippen LogP contribution in [0.4, 0.5) is 16.4 Å². The topological polar surface area (TPSA) is 167 Å². The molecule has 0 saturated heterocycles. The molecule has 1 amide bonds. The number of amides is 1. The molecule has 0 bridgehead atoms. The molecular formula is C33H41N5O7. The van der Waals surface area contributed by atoms with Gasteiger partial charge in [0.05, 0.1) is 25.5 Å². The van der Waals surface area contributed by atoms with Crippen molar-refractivity contribution >= 4 is 29.9 Å². The van der Waals surface area contributed by atoms with Crippen LogP contribution in [0.2, 0.25) is 0 Å². The van der Waals surface area contributed by atoms with Gasteiger partial charge in [0.15, 0.2) is 0 Å². The smallest absolute Gasteiger partial charge is 0.408 e. The molecule has 0 radical (unpaired) electrons. The van der Waals surface area contributed by atoms with Crippen molar-refractivity contribution in [3.8, 4) is 0 Å². The number of nitrogens with two attached hydrogens (primary N) is 1. The number of carbonyl (C=O) groups is 2. The van der Waals surface area contributed by atoms with Crippen LogP contribution in [-0.4, -0.2) is 60.2 Å². The molecule has 4 unspecified atom stereocenters. The summed E-state index contributed by atoms with van der Waals surface area (Å²) in [5, 5.41) is 2.62. The number of aromatic nitrogens is 2. The maximum absolute atomic E-state index is 13.1. The van der Waals surface area contributed by atoms with E-state index in [2.05, 4.69) is 20.3 Å². The van der Waals surface area contributed by atoms with E-state index in [-0.39, 0.29) is 55.8 Å². The molecule has 0 saturated carbocycles. The Morgan fingerprint density at radius 1 is 1.00 bits per heavy atom. The summed E-state index contributed by atoms with van der Waals surface area (Å²) < 4.78 is 23.1. The molecular weight excluding hydrogens is 578 g/mol. The van der Waals surface area contributed by atoms with E-state index >= 15 is 0 Å². The van der Waals surface area contributed by atoms with Gasteiger partial charge >= 0.3 is 12.1 Å². The second kappa shape index (κ2) is 16.5. The number of H-pyrrole nitrogens is 1. The van der Waals surface area contributed by atoms with Crippen molar-refractivity contribution < 1.29 is 28.5 Å². The van der Waals surface area contributed by atoms with Gasteiger partial charge in [-0.25, -0.2) is 14.6 Å². The van der Waals surface area contributed by atoms with Crippen molar-refractivity contribution in [2.75, 3.05) is 25.6 Å². The van der Waals surface area contributed by atoms with E-state index in [0.717, 1.165) is 11.1 Å². The second-order valence-electron chi connectivity index (χ2n) is 11.3. The van der Waals surface area contributed by atoms with E-state index < -0.39 is 29.8 Å². The fraction of sp³-hybridized carbons (Fsp3) is 0.424. The quantitative estimate of drug-likeness (QED) is 0.223. The van der Waals surface area contributed by atoms with E-state index in [1.807, 2.05) is 67.6 Å². The average Bonchev–Trinajstić information content (AvgIpc) is 3.19. The number of aromatic amines is 1. The van der Waals surface area contributed by atoms with Crippen molar-refractivity contribution in [1.29, 1.82) is 0 Å². The Labute approximate surface area is 262 Å². The third kappa shape index (κ3) is 9.98. The van der Waals surface area contributed by atoms with Crippen LogP contribution in [0.1, 0.15) is 49.9 Å². The first-order valence-corrected chi connectivity index (χ1v) is 15.0. The Bertz CT molecular complexity index is 1480. The predicted molar refractivity (Wildman–Crippen MR) is 169 cm³/mol. The van der Waals surface area contributed by atoms with Gasteiger partial charge in [-0.2, -0.15) is 0 Å². The van der Waals surface area contributed by atoms with Crippen molar-refractivity contribution in [1.82, 2.24) is 15.3 Å². The summed E-state index contributed by atoms with van der Waals surface area (Å²) in [5.74, 6) is -1.11. The highest BCUT2D eigenvalue weighted by molar-refractivity contribution is 5.81. The maximum atomic E-state index is 13.1. The van der Waals surface area contributed by atoms with Gasteiger partial charge in [-0.1, -0.05) is 81.4 Å². The van der Waals surface area contributed by atoms with Gasteiger partial charge < -0.3 is 30.0 Å². The van der Waals surface area contributed by atoms with Crippen LogP contribution in [0.3, 0.4) is 0 Å². The second-order valence-corrected chi connectivity index (χ2v) is 11.3. The third-order valence-corrected chi connectivity index (χ3v) is 7.49. The number of esters is 1. The maximum Gasteiger partial charge on any atom is 0.408 e. The molecule has 1 aromatic heterocycles. The van der Waals surface area contributed by atoms with Gasteiger partial charge in [0.2, 0.25) is 5.95 Å². The van der Waals surface area contributed by atoms with Gasteiger partial charge in [-0.05, 0) is 29.4 Å². The molecule has 1 aliphatic rings. The van der Waals surface area contributed by atoms with Gasteiger partial charge in [0.1, 0.15) is 31.0 Å². The van der Waals surface area contributed by atoms with E-state index in [1.165, 1.54) is 0 Å². The minimum atomic E-state index is -0.927. The Morgan fingerprint density at radius 3 is 2.33 bits per heavy atom. The molecule has 0 fully saturated rings. The number of nitrogens with zero attached hydrogens (tertiary/aromatic N) is 2. The van der Waals surface area contributed by atoms with Crippen molar-refractivity contribution in [2.24, 2.45) is 16.8 Å². The number of anilines is 1. The van der Waals surface area contributed by atoms with Gasteiger partial charge in [0.25, 0.3) is 5.56 Å². The number of benzene rings is 2. The molecule has 240 valence electrons. The van der Waals surface area contributed by atoms with Crippen molar-refractivity contribution in [3.63, 3.8) is 0 Å². The molecule has 1 aliphatic heterocycles. The first kappa shape index (κ1) is 33.3. The lowest BCUT2D eigenvalue weighted by molar-refractivity contribution is -0.154. The highest BCUT2D eigenvalue weighted by atomic mass is 16.6. The summed E-state index contributed by atoms with van der Waals surface area (Å²) in [6.07, 6.45) is 0.893. The number of ether oxygens (including phenoxy) is 4. The molecule has 45 heavy (non-hydrogen) atoms. The summed E-state index contributed by atoms with van der Waals surface area (Å²) in [7, 11) is 0. The van der Waals surface area contributed by atoms with E-state index in [1.54, 1.807) is 20.1 Å². The largest absolute Gasteiger partial charge is 0.461 e. The summed E-state index contributed by atoms with van der Waals surface area (Å²) in [5.41, 5.74) is 7.98. The first-order valence-electron chi connectivity index (χ1n) is 15.0. The molecule has 3 aromatic rings. The lowest BCUT2D eigenvalue weighted by Gasteiger charge is -2.26. The number of aliphatic imine (C=N–C) groups is 1. The van der Waals surface area contributed by atoms with Gasteiger partial charge in [0, 0.05) is 12.1 Å². The van der Waals surface area contributed by atoms with Crippen LogP contribution < -0.4 is 16.6 Å². The highest BCUT2D eigenvalue weighted by Gasteiger charge is 2.30. The zero-order valence-corrected chi connectivity index (χ0v) is 25.8. The third-order valence-electron chi connectivity index (χ3n) is 7.49. The number of nitrogens with one attached hydrogen (secondary N) is 2. The van der Waals surface area contributed by atoms with E-state index in [0.29, 0.717) is 18.7 Å². The highest BCUT2D eigenvalue weighted by Crippen LogP contribution is 2.33. The number of alkyl carbamates (subject to hydrolysis) is 1. The zero-order chi connectivity index (χ0) is 32.2. The molecule has 4 rings (SSSR count). The van der Waals surface area contributed by atoms with E-state index in [9.17, 15) is 14.4 Å². The first-order chi connectivity index (χ1) is 21.7. The van der Waals surface area contributed by atoms with E-state index in [4.69, 9.17) is 24.7 Å². The van der Waals surface area contributed by atoms with Crippen LogP contribution in [-0.2, 0) is 37.0 Å². The lowest BCUT2D eigenvalue weighted by atomic mass is 9.89. The van der Waals surface area contributed by atoms with Crippen molar-refractivity contribution in [2.45, 2.75) is 58.5 Å². The molecule has 0 aliphatic carbocycles. The number of hydrogen-bond acceptors (Lipinski definition) is 10. The van der Waals surface area contributed by atoms with Crippen LogP contribution in [0.15, 0.2) is 70.5 Å². The summed E-state index contributed by atoms with van der Waals surface area (Å²) in [6.45, 7) is 6.29. The van der Waals surface area contributed by atoms with Crippen LogP contribution in [0, 0.1) is 11.8 Å². The number of hydrogen-bond donors (Lipinski definition) is 3. The number of fused-ring (bicyclic) bond motifs is 1. The summed E-state index contributed by atoms with van der Waals surface area (Å²) >= 11 is 0. The summed E-state index contributed by atoms with van der Waals surface area (Å²) in [6, 6.07) is 18.0. The summed E-state index contributed by atoms with van der Waals surface area (Å²) in [4.78, 5) is 49.1. The Balaban J connectivity index is 1.37. The molecule has 12 heteroatoms. The average molecular weight is 620 g/mol. The molecule has 12 nitrogen and oxygen atoms in total. The molecule has 4 atom stereocenters. The predicted octanol–water partition coefficient (Wildman–Crippen LogP) is 4.27.